The van der Waals surface area contributed by atoms with Gasteiger partial charge in [0.05, 0.1) is 11.5 Å². The average Bonchev–Trinajstić information content (AvgIpc) is 2.39. The fourth-order valence-electron chi connectivity index (χ4n) is 2.21. The van der Waals surface area contributed by atoms with Gasteiger partial charge in [0.15, 0.2) is 0 Å². The molecule has 1 fully saturated rings. The molecule has 1 aliphatic rings. The van der Waals surface area contributed by atoms with E-state index in [1.165, 1.54) is 16.4 Å². The summed E-state index contributed by atoms with van der Waals surface area (Å²) < 4.78 is 38.9. The van der Waals surface area contributed by atoms with E-state index in [-0.39, 0.29) is 17.5 Å². The van der Waals surface area contributed by atoms with E-state index in [4.69, 9.17) is 0 Å². The summed E-state index contributed by atoms with van der Waals surface area (Å²) >= 11 is 0. The Bertz CT molecular complexity index is 501. The van der Waals surface area contributed by atoms with Crippen molar-refractivity contribution in [3.05, 3.63) is 30.1 Å². The molecule has 1 N–H and O–H groups in total. The molecule has 1 aromatic rings. The molecule has 0 aromatic heterocycles. The van der Waals surface area contributed by atoms with Crippen LogP contribution in [0, 0.1) is 5.82 Å². The van der Waals surface area contributed by atoms with Gasteiger partial charge in [0.25, 0.3) is 0 Å². The van der Waals surface area contributed by atoms with Crippen LogP contribution in [0.3, 0.4) is 0 Å². The molecule has 0 saturated carbocycles. The quantitative estimate of drug-likeness (QED) is 0.904. The summed E-state index contributed by atoms with van der Waals surface area (Å²) in [5.41, 5.74) is 0. The SMILES string of the molecule is O=S(=O)(c1ccc(F)cc1)N1CCCCC1CO. The van der Waals surface area contributed by atoms with Crippen LogP contribution in [0.5, 0.6) is 0 Å². The maximum Gasteiger partial charge on any atom is 0.243 e. The van der Waals surface area contributed by atoms with E-state index in [1.807, 2.05) is 0 Å². The van der Waals surface area contributed by atoms with E-state index in [2.05, 4.69) is 0 Å². The first-order valence-corrected chi connectivity index (χ1v) is 7.38. The third kappa shape index (κ3) is 2.55. The molecule has 0 aliphatic carbocycles. The van der Waals surface area contributed by atoms with Gasteiger partial charge in [-0.1, -0.05) is 6.42 Å². The van der Waals surface area contributed by atoms with E-state index < -0.39 is 15.8 Å². The highest BCUT2D eigenvalue weighted by atomic mass is 32.2. The van der Waals surface area contributed by atoms with Crippen molar-refractivity contribution in [1.82, 2.24) is 4.31 Å². The van der Waals surface area contributed by atoms with Gasteiger partial charge in [-0.3, -0.25) is 0 Å². The molecule has 0 bridgehead atoms. The summed E-state index contributed by atoms with van der Waals surface area (Å²) in [5.74, 6) is -0.466. The smallest absolute Gasteiger partial charge is 0.243 e. The number of halogens is 1. The molecule has 1 aliphatic heterocycles. The summed E-state index contributed by atoms with van der Waals surface area (Å²) in [5, 5.41) is 9.25. The highest BCUT2D eigenvalue weighted by Crippen LogP contribution is 2.25. The Morgan fingerprint density at radius 3 is 2.56 bits per heavy atom. The molecule has 0 amide bonds. The first-order chi connectivity index (χ1) is 8.55. The predicted octanol–water partition coefficient (Wildman–Crippen LogP) is 1.36. The molecule has 2 rings (SSSR count). The topological polar surface area (TPSA) is 57.6 Å². The van der Waals surface area contributed by atoms with Gasteiger partial charge in [0.2, 0.25) is 10.0 Å². The van der Waals surface area contributed by atoms with Gasteiger partial charge in [0, 0.05) is 12.6 Å². The molecule has 0 radical (unpaired) electrons. The first-order valence-electron chi connectivity index (χ1n) is 5.94. The fourth-order valence-corrected chi connectivity index (χ4v) is 3.90. The minimum absolute atomic E-state index is 0.0734. The molecule has 1 unspecified atom stereocenters. The fraction of sp³-hybridized carbons (Fsp3) is 0.500. The van der Waals surface area contributed by atoms with Crippen molar-refractivity contribution in [2.45, 2.75) is 30.2 Å². The second-order valence-electron chi connectivity index (χ2n) is 4.40. The Morgan fingerprint density at radius 1 is 1.28 bits per heavy atom. The van der Waals surface area contributed by atoms with Crippen molar-refractivity contribution in [2.24, 2.45) is 0 Å². The maximum atomic E-state index is 12.8. The van der Waals surface area contributed by atoms with Crippen LogP contribution in [-0.2, 0) is 10.0 Å². The van der Waals surface area contributed by atoms with Crippen molar-refractivity contribution in [3.63, 3.8) is 0 Å². The zero-order valence-corrected chi connectivity index (χ0v) is 10.7. The zero-order chi connectivity index (χ0) is 13.2. The number of hydrogen-bond acceptors (Lipinski definition) is 3. The summed E-state index contributed by atoms with van der Waals surface area (Å²) in [6.07, 6.45) is 2.37. The van der Waals surface area contributed by atoms with E-state index >= 15 is 0 Å². The standard InChI is InChI=1S/C12H16FNO3S/c13-10-4-6-12(7-5-10)18(16,17)14-8-2-1-3-11(14)9-15/h4-7,11,15H,1-3,8-9H2. The van der Waals surface area contributed by atoms with Crippen LogP contribution >= 0.6 is 0 Å². The van der Waals surface area contributed by atoms with E-state index in [0.29, 0.717) is 13.0 Å². The molecule has 1 aromatic carbocycles. The lowest BCUT2D eigenvalue weighted by atomic mass is 10.1. The number of hydrogen-bond donors (Lipinski definition) is 1. The number of aliphatic hydroxyl groups is 1. The number of benzene rings is 1. The monoisotopic (exact) mass is 273 g/mol. The van der Waals surface area contributed by atoms with Gasteiger partial charge < -0.3 is 5.11 Å². The lowest BCUT2D eigenvalue weighted by molar-refractivity contribution is 0.155. The third-order valence-electron chi connectivity index (χ3n) is 3.20. The lowest BCUT2D eigenvalue weighted by Crippen LogP contribution is -2.45. The third-order valence-corrected chi connectivity index (χ3v) is 5.17. The van der Waals surface area contributed by atoms with Gasteiger partial charge in [-0.05, 0) is 37.1 Å². The summed E-state index contributed by atoms with van der Waals surface area (Å²) in [4.78, 5) is 0.0734. The molecule has 18 heavy (non-hydrogen) atoms. The minimum atomic E-state index is -3.63. The van der Waals surface area contributed by atoms with Gasteiger partial charge >= 0.3 is 0 Å². The van der Waals surface area contributed by atoms with Crippen molar-refractivity contribution in [2.75, 3.05) is 13.2 Å². The van der Waals surface area contributed by atoms with Gasteiger partial charge in [-0.25, -0.2) is 12.8 Å². The summed E-state index contributed by atoms with van der Waals surface area (Å²) in [6, 6.07) is 4.41. The highest BCUT2D eigenvalue weighted by Gasteiger charge is 2.32. The Labute approximate surface area is 106 Å². The van der Waals surface area contributed by atoms with Gasteiger partial charge in [-0.15, -0.1) is 0 Å². The number of aliphatic hydroxyl groups excluding tert-OH is 1. The second kappa shape index (κ2) is 5.34. The van der Waals surface area contributed by atoms with Crippen LogP contribution in [0.15, 0.2) is 29.2 Å². The normalized spacial score (nSPS) is 22.0. The molecule has 1 atom stereocenters. The van der Waals surface area contributed by atoms with E-state index in [1.54, 1.807) is 0 Å². The minimum Gasteiger partial charge on any atom is -0.395 e. The molecule has 4 nitrogen and oxygen atoms in total. The van der Waals surface area contributed by atoms with Crippen molar-refractivity contribution < 1.29 is 17.9 Å². The molecule has 1 saturated heterocycles. The average molecular weight is 273 g/mol. The summed E-state index contributed by atoms with van der Waals surface area (Å²) in [7, 11) is -3.63. The first kappa shape index (κ1) is 13.5. The zero-order valence-electron chi connectivity index (χ0n) is 9.92. The maximum absolute atomic E-state index is 12.8. The Balaban J connectivity index is 2.32. The van der Waals surface area contributed by atoms with E-state index in [0.717, 1.165) is 25.0 Å². The summed E-state index contributed by atoms with van der Waals surface area (Å²) in [6.45, 7) is 0.228. The Hall–Kier alpha value is -0.980. The second-order valence-corrected chi connectivity index (χ2v) is 6.29. The molecule has 1 heterocycles. The largest absolute Gasteiger partial charge is 0.395 e. The van der Waals surface area contributed by atoms with Crippen molar-refractivity contribution >= 4 is 10.0 Å². The highest BCUT2D eigenvalue weighted by molar-refractivity contribution is 7.89. The number of sulfonamides is 1. The number of rotatable bonds is 3. The number of piperidine rings is 1. The predicted molar refractivity (Wildman–Crippen MR) is 65.0 cm³/mol. The van der Waals surface area contributed by atoms with Gasteiger partial charge in [-0.2, -0.15) is 4.31 Å². The molecule has 0 spiro atoms. The molecular weight excluding hydrogens is 257 g/mol. The number of nitrogens with zero attached hydrogens (tertiary/aromatic N) is 1. The Kier molecular flexibility index (Phi) is 3.99. The van der Waals surface area contributed by atoms with Crippen LogP contribution in [0.1, 0.15) is 19.3 Å². The molecule has 100 valence electrons. The molecule has 6 heteroatoms. The van der Waals surface area contributed by atoms with Crippen LogP contribution < -0.4 is 0 Å². The Morgan fingerprint density at radius 2 is 1.94 bits per heavy atom. The van der Waals surface area contributed by atoms with Crippen LogP contribution in [0.25, 0.3) is 0 Å². The van der Waals surface area contributed by atoms with Gasteiger partial charge in [0.1, 0.15) is 5.82 Å². The van der Waals surface area contributed by atoms with Crippen molar-refractivity contribution in [3.8, 4) is 0 Å². The molecular formula is C12H16FNO3S. The van der Waals surface area contributed by atoms with Crippen LogP contribution in [-0.4, -0.2) is 37.0 Å². The van der Waals surface area contributed by atoms with Crippen molar-refractivity contribution in [1.29, 1.82) is 0 Å². The van der Waals surface area contributed by atoms with E-state index in [9.17, 15) is 17.9 Å². The lowest BCUT2D eigenvalue weighted by Gasteiger charge is -2.33. The van der Waals surface area contributed by atoms with Crippen LogP contribution in [0.4, 0.5) is 4.39 Å². The van der Waals surface area contributed by atoms with Crippen LogP contribution in [0.2, 0.25) is 0 Å².